The van der Waals surface area contributed by atoms with Gasteiger partial charge in [0.2, 0.25) is 0 Å². The van der Waals surface area contributed by atoms with Crippen LogP contribution in [0.3, 0.4) is 0 Å². The number of hydrogen-bond acceptors (Lipinski definition) is 3. The van der Waals surface area contributed by atoms with E-state index in [4.69, 9.17) is 11.6 Å². The molecule has 0 aliphatic carbocycles. The van der Waals surface area contributed by atoms with E-state index >= 15 is 0 Å². The summed E-state index contributed by atoms with van der Waals surface area (Å²) < 4.78 is 0.664. The molecule has 0 saturated heterocycles. The Morgan fingerprint density at radius 2 is 1.85 bits per heavy atom. The Balaban J connectivity index is 1.67. The van der Waals surface area contributed by atoms with E-state index in [1.165, 1.54) is 0 Å². The Hall–Kier alpha value is -2.87. The molecular formula is C25H23BrClN3O3. The van der Waals surface area contributed by atoms with Crippen molar-refractivity contribution >= 4 is 50.8 Å². The predicted molar refractivity (Wildman–Crippen MR) is 133 cm³/mol. The van der Waals surface area contributed by atoms with E-state index < -0.39 is 17.7 Å². The third kappa shape index (κ3) is 4.76. The van der Waals surface area contributed by atoms with Gasteiger partial charge in [-0.15, -0.1) is 0 Å². The van der Waals surface area contributed by atoms with Gasteiger partial charge in [0, 0.05) is 26.8 Å². The number of aryl methyl sites for hydroxylation is 1. The van der Waals surface area contributed by atoms with Gasteiger partial charge in [-0.1, -0.05) is 57.9 Å². The third-order valence-electron chi connectivity index (χ3n) is 5.61. The second-order valence-corrected chi connectivity index (χ2v) is 9.35. The maximum Gasteiger partial charge on any atom is 0.329 e. The van der Waals surface area contributed by atoms with E-state index in [-0.39, 0.29) is 11.6 Å². The van der Waals surface area contributed by atoms with Crippen LogP contribution >= 0.6 is 27.5 Å². The van der Waals surface area contributed by atoms with E-state index in [0.717, 1.165) is 16.9 Å². The van der Waals surface area contributed by atoms with E-state index in [1.807, 2.05) is 37.3 Å². The van der Waals surface area contributed by atoms with E-state index in [2.05, 4.69) is 26.6 Å². The number of amides is 3. The molecular weight excluding hydrogens is 506 g/mol. The summed E-state index contributed by atoms with van der Waals surface area (Å²) in [5.41, 5.74) is -0.151. The zero-order chi connectivity index (χ0) is 23.6. The molecule has 0 bridgehead atoms. The standard InChI is InChI=1S/C25H23BrClN3O3/c1-16(7-8-17-5-3-2-4-6-17)28-23(31)25(33)21-15-18(26)9-14-22(21)29-24(32)30(25)20-12-10-19(27)11-13-20/h2-6,9-16,33H,7-8H2,1H3,(H,28,31)(H,29,32)/t16-,25+/m0/s1. The number of urea groups is 1. The molecule has 1 aliphatic heterocycles. The van der Waals surface area contributed by atoms with Gasteiger partial charge in [-0.3, -0.25) is 9.69 Å². The van der Waals surface area contributed by atoms with Crippen LogP contribution in [0.15, 0.2) is 77.3 Å². The molecule has 3 amide bonds. The Morgan fingerprint density at radius 1 is 1.15 bits per heavy atom. The Morgan fingerprint density at radius 3 is 2.55 bits per heavy atom. The van der Waals surface area contributed by atoms with Gasteiger partial charge in [-0.2, -0.15) is 0 Å². The summed E-state index contributed by atoms with van der Waals surface area (Å²) in [5.74, 6) is -0.688. The summed E-state index contributed by atoms with van der Waals surface area (Å²) >= 11 is 9.41. The number of anilines is 2. The van der Waals surface area contributed by atoms with Crippen molar-refractivity contribution in [2.24, 2.45) is 0 Å². The monoisotopic (exact) mass is 527 g/mol. The second kappa shape index (κ2) is 9.55. The molecule has 1 aliphatic rings. The average molecular weight is 529 g/mol. The number of nitrogens with zero attached hydrogens (tertiary/aromatic N) is 1. The fourth-order valence-electron chi connectivity index (χ4n) is 3.89. The molecule has 3 N–H and O–H groups in total. The molecule has 8 heteroatoms. The summed E-state index contributed by atoms with van der Waals surface area (Å²) in [6, 6.07) is 20.5. The second-order valence-electron chi connectivity index (χ2n) is 8.00. The molecule has 0 fully saturated rings. The summed E-state index contributed by atoms with van der Waals surface area (Å²) in [6.07, 6.45) is 1.44. The van der Waals surface area contributed by atoms with Crippen LogP contribution < -0.4 is 15.5 Å². The lowest BCUT2D eigenvalue weighted by Crippen LogP contribution is -2.63. The minimum Gasteiger partial charge on any atom is -0.359 e. The maximum absolute atomic E-state index is 13.6. The summed E-state index contributed by atoms with van der Waals surface area (Å²) in [4.78, 5) is 27.7. The zero-order valence-corrected chi connectivity index (χ0v) is 20.2. The fourth-order valence-corrected chi connectivity index (χ4v) is 4.38. The molecule has 4 rings (SSSR count). The van der Waals surface area contributed by atoms with Gasteiger partial charge >= 0.3 is 6.03 Å². The third-order valence-corrected chi connectivity index (χ3v) is 6.36. The normalized spacial score (nSPS) is 18.3. The van der Waals surface area contributed by atoms with Crippen molar-refractivity contribution in [2.75, 3.05) is 10.2 Å². The first kappa shape index (κ1) is 23.3. The average Bonchev–Trinajstić information content (AvgIpc) is 2.80. The molecule has 2 atom stereocenters. The van der Waals surface area contributed by atoms with Crippen LogP contribution in [-0.4, -0.2) is 23.1 Å². The van der Waals surface area contributed by atoms with E-state index in [1.54, 1.807) is 42.5 Å². The number of rotatable bonds is 6. The van der Waals surface area contributed by atoms with Crippen molar-refractivity contribution in [1.82, 2.24) is 5.32 Å². The summed E-state index contributed by atoms with van der Waals surface area (Å²) in [5, 5.41) is 18.0. The maximum atomic E-state index is 13.6. The highest BCUT2D eigenvalue weighted by atomic mass is 79.9. The SMILES string of the molecule is C[C@@H](CCc1ccccc1)NC(=O)[C@]1(O)c2cc(Br)ccc2NC(=O)N1c1ccc(Cl)cc1. The lowest BCUT2D eigenvalue weighted by molar-refractivity contribution is -0.141. The fraction of sp³-hybridized carbons (Fsp3) is 0.200. The first-order valence-corrected chi connectivity index (χ1v) is 11.7. The molecule has 0 radical (unpaired) electrons. The number of benzene rings is 3. The minimum atomic E-state index is -2.27. The van der Waals surface area contributed by atoms with Crippen LogP contribution in [0.2, 0.25) is 5.02 Å². The lowest BCUT2D eigenvalue weighted by Gasteiger charge is -2.43. The highest BCUT2D eigenvalue weighted by Crippen LogP contribution is 2.41. The molecule has 0 saturated carbocycles. The number of fused-ring (bicyclic) bond motifs is 1. The van der Waals surface area contributed by atoms with Crippen LogP contribution in [0.25, 0.3) is 0 Å². The van der Waals surface area contributed by atoms with Crippen molar-refractivity contribution in [3.63, 3.8) is 0 Å². The molecule has 0 spiro atoms. The smallest absolute Gasteiger partial charge is 0.329 e. The topological polar surface area (TPSA) is 81.7 Å². The largest absolute Gasteiger partial charge is 0.359 e. The van der Waals surface area contributed by atoms with Gasteiger partial charge in [0.25, 0.3) is 11.6 Å². The van der Waals surface area contributed by atoms with Crippen LogP contribution in [0.1, 0.15) is 24.5 Å². The number of nitrogens with one attached hydrogen (secondary N) is 2. The molecule has 6 nitrogen and oxygen atoms in total. The van der Waals surface area contributed by atoms with Crippen molar-refractivity contribution in [3.05, 3.63) is 93.4 Å². The molecule has 0 aromatic heterocycles. The molecule has 3 aromatic rings. The molecule has 1 heterocycles. The van der Waals surface area contributed by atoms with Crippen molar-refractivity contribution < 1.29 is 14.7 Å². The minimum absolute atomic E-state index is 0.241. The van der Waals surface area contributed by atoms with E-state index in [9.17, 15) is 14.7 Å². The number of aliphatic hydroxyl groups is 1. The van der Waals surface area contributed by atoms with Crippen LogP contribution in [-0.2, 0) is 16.9 Å². The zero-order valence-electron chi connectivity index (χ0n) is 17.9. The summed E-state index contributed by atoms with van der Waals surface area (Å²) in [7, 11) is 0. The number of halogens is 2. The van der Waals surface area contributed by atoms with Crippen LogP contribution in [0.4, 0.5) is 16.2 Å². The Bertz CT molecular complexity index is 1170. The lowest BCUT2D eigenvalue weighted by atomic mass is 9.94. The molecule has 33 heavy (non-hydrogen) atoms. The molecule has 3 aromatic carbocycles. The first-order chi connectivity index (χ1) is 15.8. The van der Waals surface area contributed by atoms with Crippen LogP contribution in [0.5, 0.6) is 0 Å². The Kier molecular flexibility index (Phi) is 6.74. The van der Waals surface area contributed by atoms with Crippen LogP contribution in [0, 0.1) is 0 Å². The highest BCUT2D eigenvalue weighted by Gasteiger charge is 2.52. The molecule has 0 unspecified atom stereocenters. The van der Waals surface area contributed by atoms with E-state index in [0.29, 0.717) is 27.3 Å². The molecule has 170 valence electrons. The number of carbonyl (C=O) groups excluding carboxylic acids is 2. The van der Waals surface area contributed by atoms with Gasteiger partial charge in [0.15, 0.2) is 0 Å². The quantitative estimate of drug-likeness (QED) is 0.399. The van der Waals surface area contributed by atoms with Crippen molar-refractivity contribution in [1.29, 1.82) is 0 Å². The highest BCUT2D eigenvalue weighted by molar-refractivity contribution is 9.10. The number of hydrogen-bond donors (Lipinski definition) is 3. The van der Waals surface area contributed by atoms with Crippen molar-refractivity contribution in [3.8, 4) is 0 Å². The van der Waals surface area contributed by atoms with Gasteiger partial charge in [-0.05, 0) is 67.8 Å². The Labute approximate surface area is 205 Å². The van der Waals surface area contributed by atoms with Gasteiger partial charge in [-0.25, -0.2) is 4.79 Å². The van der Waals surface area contributed by atoms with Gasteiger partial charge in [0.05, 0.1) is 5.69 Å². The van der Waals surface area contributed by atoms with Crippen molar-refractivity contribution in [2.45, 2.75) is 31.5 Å². The predicted octanol–water partition coefficient (Wildman–Crippen LogP) is 5.44. The first-order valence-electron chi connectivity index (χ1n) is 10.5. The van der Waals surface area contributed by atoms with Gasteiger partial charge in [0.1, 0.15) is 0 Å². The van der Waals surface area contributed by atoms with Gasteiger partial charge < -0.3 is 15.7 Å². The summed E-state index contributed by atoms with van der Waals surface area (Å²) in [6.45, 7) is 1.88. The number of carbonyl (C=O) groups is 2.